The maximum atomic E-state index is 12.0. The van der Waals surface area contributed by atoms with E-state index in [4.69, 9.17) is 0 Å². The number of carbonyl (C=O) groups is 1. The van der Waals surface area contributed by atoms with E-state index in [1.807, 2.05) is 6.08 Å². The monoisotopic (exact) mass is 236 g/mol. The first-order valence-electron chi connectivity index (χ1n) is 7.41. The molecule has 0 spiro atoms. The summed E-state index contributed by atoms with van der Waals surface area (Å²) in [5.74, 6) is 1.84. The van der Waals surface area contributed by atoms with Crippen molar-refractivity contribution in [3.63, 3.8) is 0 Å². The minimum Gasteiger partial charge on any atom is -0.299 e. The first-order valence-corrected chi connectivity index (χ1v) is 7.41. The van der Waals surface area contributed by atoms with Crippen LogP contribution in [0.4, 0.5) is 0 Å². The maximum absolute atomic E-state index is 12.0. The van der Waals surface area contributed by atoms with E-state index in [-0.39, 0.29) is 0 Å². The van der Waals surface area contributed by atoms with E-state index >= 15 is 0 Å². The van der Waals surface area contributed by atoms with Gasteiger partial charge in [-0.05, 0) is 50.9 Å². The molecule has 0 heterocycles. The number of carbonyl (C=O) groups excluding carboxylic acids is 1. The molecule has 0 amide bonds. The standard InChI is InChI=1S/C16H28O/c1-3-5-6-7-8-9-16(17)15-12-10-14(4-2)11-13-15/h3,14-15H,1,4-13H2,2H3. The summed E-state index contributed by atoms with van der Waals surface area (Å²) >= 11 is 0. The number of hydrogen-bond acceptors (Lipinski definition) is 1. The molecule has 0 N–H and O–H groups in total. The summed E-state index contributed by atoms with van der Waals surface area (Å²) in [6.45, 7) is 5.99. The Kier molecular flexibility index (Phi) is 7.23. The van der Waals surface area contributed by atoms with Gasteiger partial charge in [-0.3, -0.25) is 4.79 Å². The van der Waals surface area contributed by atoms with Crippen molar-refractivity contribution in [2.75, 3.05) is 0 Å². The van der Waals surface area contributed by atoms with Crippen molar-refractivity contribution >= 4 is 5.78 Å². The molecular formula is C16H28O. The van der Waals surface area contributed by atoms with E-state index in [1.165, 1.54) is 32.1 Å². The Morgan fingerprint density at radius 2 is 1.88 bits per heavy atom. The number of Topliss-reactive ketones (excluding diaryl/α,β-unsaturated/α-hetero) is 1. The van der Waals surface area contributed by atoms with Gasteiger partial charge in [-0.2, -0.15) is 0 Å². The second-order valence-electron chi connectivity index (χ2n) is 5.48. The molecule has 1 nitrogen and oxygen atoms in total. The van der Waals surface area contributed by atoms with E-state index < -0.39 is 0 Å². The molecule has 1 saturated carbocycles. The number of hydrogen-bond donors (Lipinski definition) is 0. The molecular weight excluding hydrogens is 208 g/mol. The van der Waals surface area contributed by atoms with Crippen LogP contribution in [0.15, 0.2) is 12.7 Å². The Morgan fingerprint density at radius 3 is 2.47 bits per heavy atom. The lowest BCUT2D eigenvalue weighted by molar-refractivity contribution is -0.124. The largest absolute Gasteiger partial charge is 0.299 e. The minimum absolute atomic E-state index is 0.400. The Morgan fingerprint density at radius 1 is 1.18 bits per heavy atom. The quantitative estimate of drug-likeness (QED) is 0.432. The topological polar surface area (TPSA) is 17.1 Å². The highest BCUT2D eigenvalue weighted by Crippen LogP contribution is 2.31. The van der Waals surface area contributed by atoms with Crippen LogP contribution in [0.3, 0.4) is 0 Å². The third kappa shape index (κ3) is 5.52. The van der Waals surface area contributed by atoms with Crippen LogP contribution in [0, 0.1) is 11.8 Å². The molecule has 0 atom stereocenters. The third-order valence-electron chi connectivity index (χ3n) is 4.21. The number of ketones is 1. The van der Waals surface area contributed by atoms with Crippen molar-refractivity contribution in [2.45, 2.75) is 71.1 Å². The van der Waals surface area contributed by atoms with Gasteiger partial charge < -0.3 is 0 Å². The Hall–Kier alpha value is -0.590. The molecule has 0 aromatic carbocycles. The van der Waals surface area contributed by atoms with Gasteiger partial charge in [0.1, 0.15) is 5.78 Å². The highest BCUT2D eigenvalue weighted by molar-refractivity contribution is 5.80. The molecule has 0 bridgehead atoms. The molecule has 0 aliphatic heterocycles. The van der Waals surface area contributed by atoms with Gasteiger partial charge in [-0.25, -0.2) is 0 Å². The highest BCUT2D eigenvalue weighted by Gasteiger charge is 2.24. The van der Waals surface area contributed by atoms with Gasteiger partial charge in [0.05, 0.1) is 0 Å². The van der Waals surface area contributed by atoms with Gasteiger partial charge >= 0.3 is 0 Å². The molecule has 98 valence electrons. The zero-order valence-corrected chi connectivity index (χ0v) is 11.4. The fraction of sp³-hybridized carbons (Fsp3) is 0.812. The minimum atomic E-state index is 0.400. The van der Waals surface area contributed by atoms with E-state index in [0.717, 1.165) is 38.0 Å². The molecule has 1 fully saturated rings. The predicted molar refractivity (Wildman–Crippen MR) is 74.0 cm³/mol. The van der Waals surface area contributed by atoms with E-state index in [2.05, 4.69) is 13.5 Å². The summed E-state index contributed by atoms with van der Waals surface area (Å²) in [4.78, 5) is 12.0. The summed E-state index contributed by atoms with van der Waals surface area (Å²) in [5.41, 5.74) is 0. The van der Waals surface area contributed by atoms with Crippen LogP contribution >= 0.6 is 0 Å². The second-order valence-corrected chi connectivity index (χ2v) is 5.48. The summed E-state index contributed by atoms with van der Waals surface area (Å²) in [7, 11) is 0. The van der Waals surface area contributed by atoms with Crippen molar-refractivity contribution in [3.05, 3.63) is 12.7 Å². The summed E-state index contributed by atoms with van der Waals surface area (Å²) in [6, 6.07) is 0. The van der Waals surface area contributed by atoms with Crippen LogP contribution in [0.1, 0.15) is 71.1 Å². The van der Waals surface area contributed by atoms with Crippen molar-refractivity contribution in [2.24, 2.45) is 11.8 Å². The molecule has 17 heavy (non-hydrogen) atoms. The van der Waals surface area contributed by atoms with Crippen LogP contribution in [0.25, 0.3) is 0 Å². The smallest absolute Gasteiger partial charge is 0.135 e. The van der Waals surface area contributed by atoms with Crippen LogP contribution < -0.4 is 0 Å². The zero-order valence-electron chi connectivity index (χ0n) is 11.4. The van der Waals surface area contributed by atoms with Crippen LogP contribution in [0.2, 0.25) is 0 Å². The summed E-state index contributed by atoms with van der Waals surface area (Å²) in [5, 5.41) is 0. The number of allylic oxidation sites excluding steroid dienone is 1. The van der Waals surface area contributed by atoms with Gasteiger partial charge in [0, 0.05) is 12.3 Å². The van der Waals surface area contributed by atoms with Gasteiger partial charge in [-0.1, -0.05) is 25.8 Å². The van der Waals surface area contributed by atoms with Crippen molar-refractivity contribution < 1.29 is 4.79 Å². The van der Waals surface area contributed by atoms with E-state index in [0.29, 0.717) is 11.7 Å². The lowest BCUT2D eigenvalue weighted by atomic mass is 9.78. The Bertz CT molecular complexity index is 224. The van der Waals surface area contributed by atoms with Crippen LogP contribution in [0.5, 0.6) is 0 Å². The van der Waals surface area contributed by atoms with Crippen molar-refractivity contribution in [1.82, 2.24) is 0 Å². The van der Waals surface area contributed by atoms with E-state index in [9.17, 15) is 4.79 Å². The first kappa shape index (κ1) is 14.5. The van der Waals surface area contributed by atoms with Gasteiger partial charge in [0.25, 0.3) is 0 Å². The van der Waals surface area contributed by atoms with Crippen LogP contribution in [-0.2, 0) is 4.79 Å². The van der Waals surface area contributed by atoms with Crippen LogP contribution in [-0.4, -0.2) is 5.78 Å². The molecule has 1 rings (SSSR count). The molecule has 0 saturated heterocycles. The summed E-state index contributed by atoms with van der Waals surface area (Å²) < 4.78 is 0. The molecule has 0 unspecified atom stereocenters. The molecule has 0 aromatic heterocycles. The Balaban J connectivity index is 2.09. The third-order valence-corrected chi connectivity index (χ3v) is 4.21. The molecule has 1 aliphatic carbocycles. The highest BCUT2D eigenvalue weighted by atomic mass is 16.1. The van der Waals surface area contributed by atoms with E-state index in [1.54, 1.807) is 0 Å². The fourth-order valence-corrected chi connectivity index (χ4v) is 2.86. The maximum Gasteiger partial charge on any atom is 0.135 e. The van der Waals surface area contributed by atoms with Crippen molar-refractivity contribution in [3.8, 4) is 0 Å². The number of rotatable bonds is 8. The normalized spacial score (nSPS) is 24.5. The lowest BCUT2D eigenvalue weighted by Gasteiger charge is -2.26. The van der Waals surface area contributed by atoms with Gasteiger partial charge in [0.15, 0.2) is 0 Å². The second kappa shape index (κ2) is 8.49. The zero-order chi connectivity index (χ0) is 12.5. The SMILES string of the molecule is C=CCCCCCC(=O)C1CCC(CC)CC1. The average molecular weight is 236 g/mol. The molecule has 0 aromatic rings. The van der Waals surface area contributed by atoms with Gasteiger partial charge in [-0.15, -0.1) is 6.58 Å². The average Bonchev–Trinajstić information content (AvgIpc) is 2.38. The fourth-order valence-electron chi connectivity index (χ4n) is 2.86. The Labute approximate surface area is 107 Å². The molecule has 1 heteroatoms. The lowest BCUT2D eigenvalue weighted by Crippen LogP contribution is -2.21. The molecule has 1 aliphatic rings. The first-order chi connectivity index (χ1) is 8.27. The predicted octanol–water partition coefficient (Wildman–Crippen LogP) is 4.91. The summed E-state index contributed by atoms with van der Waals surface area (Å²) in [6.07, 6.45) is 13.5. The van der Waals surface area contributed by atoms with Gasteiger partial charge in [0.2, 0.25) is 0 Å². The molecule has 0 radical (unpaired) electrons. The van der Waals surface area contributed by atoms with Crippen molar-refractivity contribution in [1.29, 1.82) is 0 Å². The number of unbranched alkanes of at least 4 members (excludes halogenated alkanes) is 3.